The molecule has 1 atom stereocenters. The summed E-state index contributed by atoms with van der Waals surface area (Å²) in [4.78, 5) is 15.5. The molecule has 1 aromatic heterocycles. The molecule has 0 aromatic carbocycles. The van der Waals surface area contributed by atoms with Crippen molar-refractivity contribution in [3.8, 4) is 0 Å². The first kappa shape index (κ1) is 11.5. The Morgan fingerprint density at radius 2 is 2.33 bits per heavy atom. The van der Waals surface area contributed by atoms with Gasteiger partial charge in [-0.1, -0.05) is 0 Å². The number of aliphatic hydroxyl groups excluding tert-OH is 1. The standard InChI is InChI=1S/C10H15N3O2/c1-7(14)5-13-10(15)8-3-4-9(11-2)12-6-8/h3-4,6-7,14H,5H2,1-2H3,(H,11,12)(H,13,15). The summed E-state index contributed by atoms with van der Waals surface area (Å²) in [6.45, 7) is 1.86. The van der Waals surface area contributed by atoms with Crippen LogP contribution in [-0.4, -0.2) is 35.7 Å². The molecule has 5 nitrogen and oxygen atoms in total. The fourth-order valence-corrected chi connectivity index (χ4v) is 1.02. The van der Waals surface area contributed by atoms with Gasteiger partial charge in [0, 0.05) is 19.8 Å². The van der Waals surface area contributed by atoms with E-state index in [0.29, 0.717) is 11.4 Å². The van der Waals surface area contributed by atoms with E-state index in [4.69, 9.17) is 5.11 Å². The summed E-state index contributed by atoms with van der Waals surface area (Å²) in [5.74, 6) is 0.480. The highest BCUT2D eigenvalue weighted by Crippen LogP contribution is 2.03. The highest BCUT2D eigenvalue weighted by atomic mass is 16.3. The molecule has 0 aliphatic rings. The fraction of sp³-hybridized carbons (Fsp3) is 0.400. The van der Waals surface area contributed by atoms with E-state index in [9.17, 15) is 4.79 Å². The molecular formula is C10H15N3O2. The van der Waals surface area contributed by atoms with Crippen molar-refractivity contribution >= 4 is 11.7 Å². The molecule has 1 unspecified atom stereocenters. The maximum Gasteiger partial charge on any atom is 0.252 e. The van der Waals surface area contributed by atoms with Gasteiger partial charge >= 0.3 is 0 Å². The summed E-state index contributed by atoms with van der Waals surface area (Å²) in [5, 5.41) is 14.4. The third kappa shape index (κ3) is 3.55. The van der Waals surface area contributed by atoms with Crippen LogP contribution in [0.15, 0.2) is 18.3 Å². The van der Waals surface area contributed by atoms with Gasteiger partial charge in [-0.25, -0.2) is 4.98 Å². The summed E-state index contributed by atoms with van der Waals surface area (Å²) in [6.07, 6.45) is 0.946. The Morgan fingerprint density at radius 1 is 1.60 bits per heavy atom. The van der Waals surface area contributed by atoms with Crippen molar-refractivity contribution in [2.24, 2.45) is 0 Å². The fourth-order valence-electron chi connectivity index (χ4n) is 1.02. The van der Waals surface area contributed by atoms with Crippen LogP contribution >= 0.6 is 0 Å². The van der Waals surface area contributed by atoms with Crippen LogP contribution < -0.4 is 10.6 Å². The molecule has 0 saturated carbocycles. The average molecular weight is 209 g/mol. The zero-order chi connectivity index (χ0) is 11.3. The lowest BCUT2D eigenvalue weighted by Gasteiger charge is -2.07. The lowest BCUT2D eigenvalue weighted by Crippen LogP contribution is -2.30. The van der Waals surface area contributed by atoms with Gasteiger partial charge in [0.1, 0.15) is 5.82 Å². The van der Waals surface area contributed by atoms with Gasteiger partial charge in [-0.3, -0.25) is 4.79 Å². The van der Waals surface area contributed by atoms with E-state index >= 15 is 0 Å². The van der Waals surface area contributed by atoms with Crippen LogP contribution in [0.1, 0.15) is 17.3 Å². The highest BCUT2D eigenvalue weighted by molar-refractivity contribution is 5.94. The van der Waals surface area contributed by atoms with Crippen LogP contribution in [0.5, 0.6) is 0 Å². The largest absolute Gasteiger partial charge is 0.392 e. The monoisotopic (exact) mass is 209 g/mol. The van der Waals surface area contributed by atoms with Crippen LogP contribution in [0.3, 0.4) is 0 Å². The van der Waals surface area contributed by atoms with E-state index in [1.807, 2.05) is 0 Å². The molecule has 0 bridgehead atoms. The molecule has 1 aromatic rings. The van der Waals surface area contributed by atoms with Gasteiger partial charge in [-0.15, -0.1) is 0 Å². The minimum atomic E-state index is -0.543. The normalized spacial score (nSPS) is 11.9. The first-order valence-electron chi connectivity index (χ1n) is 4.73. The Kier molecular flexibility index (Phi) is 4.05. The van der Waals surface area contributed by atoms with E-state index in [-0.39, 0.29) is 12.5 Å². The third-order valence-electron chi connectivity index (χ3n) is 1.84. The molecular weight excluding hydrogens is 194 g/mol. The zero-order valence-electron chi connectivity index (χ0n) is 8.82. The number of anilines is 1. The number of amides is 1. The highest BCUT2D eigenvalue weighted by Gasteiger charge is 2.06. The molecule has 5 heteroatoms. The Balaban J connectivity index is 2.58. The van der Waals surface area contributed by atoms with Crippen LogP contribution in [0.25, 0.3) is 0 Å². The van der Waals surface area contributed by atoms with E-state index in [2.05, 4.69) is 15.6 Å². The lowest BCUT2D eigenvalue weighted by molar-refractivity contribution is 0.0923. The van der Waals surface area contributed by atoms with Gasteiger partial charge in [-0.2, -0.15) is 0 Å². The van der Waals surface area contributed by atoms with E-state index in [0.717, 1.165) is 0 Å². The molecule has 1 heterocycles. The second kappa shape index (κ2) is 5.31. The number of aromatic nitrogens is 1. The molecule has 0 radical (unpaired) electrons. The Bertz CT molecular complexity index is 322. The second-order valence-corrected chi connectivity index (χ2v) is 3.24. The van der Waals surface area contributed by atoms with Gasteiger partial charge in [0.25, 0.3) is 5.91 Å². The smallest absolute Gasteiger partial charge is 0.252 e. The van der Waals surface area contributed by atoms with E-state index < -0.39 is 6.10 Å². The van der Waals surface area contributed by atoms with Gasteiger partial charge in [0.2, 0.25) is 0 Å². The molecule has 3 N–H and O–H groups in total. The number of hydrogen-bond donors (Lipinski definition) is 3. The van der Waals surface area contributed by atoms with Crippen LogP contribution in [0.2, 0.25) is 0 Å². The maximum atomic E-state index is 11.5. The Morgan fingerprint density at radius 3 is 2.80 bits per heavy atom. The Hall–Kier alpha value is -1.62. The van der Waals surface area contributed by atoms with E-state index in [1.165, 1.54) is 6.20 Å². The lowest BCUT2D eigenvalue weighted by atomic mass is 10.2. The number of carbonyl (C=O) groups is 1. The summed E-state index contributed by atoms with van der Waals surface area (Å²) in [7, 11) is 1.76. The number of rotatable bonds is 4. The number of pyridine rings is 1. The molecule has 0 aliphatic heterocycles. The quantitative estimate of drug-likeness (QED) is 0.663. The predicted octanol–water partition coefficient (Wildman–Crippen LogP) is 0.234. The predicted molar refractivity (Wildman–Crippen MR) is 57.8 cm³/mol. The van der Waals surface area contributed by atoms with Crippen molar-refractivity contribution in [2.75, 3.05) is 18.9 Å². The minimum Gasteiger partial charge on any atom is -0.392 e. The first-order chi connectivity index (χ1) is 7.13. The van der Waals surface area contributed by atoms with Gasteiger partial charge in [0.15, 0.2) is 0 Å². The summed E-state index contributed by atoms with van der Waals surface area (Å²) in [6, 6.07) is 3.40. The molecule has 0 saturated heterocycles. The number of aliphatic hydroxyl groups is 1. The number of carbonyl (C=O) groups excluding carboxylic acids is 1. The van der Waals surface area contributed by atoms with Crippen LogP contribution in [0, 0.1) is 0 Å². The first-order valence-corrected chi connectivity index (χ1v) is 4.73. The van der Waals surface area contributed by atoms with Crippen molar-refractivity contribution in [1.82, 2.24) is 10.3 Å². The number of hydrogen-bond acceptors (Lipinski definition) is 4. The third-order valence-corrected chi connectivity index (χ3v) is 1.84. The van der Waals surface area contributed by atoms with Gasteiger partial charge in [-0.05, 0) is 19.1 Å². The average Bonchev–Trinajstić information content (AvgIpc) is 2.26. The molecule has 15 heavy (non-hydrogen) atoms. The van der Waals surface area contributed by atoms with E-state index in [1.54, 1.807) is 26.1 Å². The van der Waals surface area contributed by atoms with Crippen molar-refractivity contribution in [3.05, 3.63) is 23.9 Å². The Labute approximate surface area is 88.5 Å². The topological polar surface area (TPSA) is 74.2 Å². The van der Waals surface area contributed by atoms with Crippen LogP contribution in [-0.2, 0) is 0 Å². The summed E-state index contributed by atoms with van der Waals surface area (Å²) in [5.41, 5.74) is 0.481. The molecule has 0 aliphatic carbocycles. The van der Waals surface area contributed by atoms with Crippen LogP contribution in [0.4, 0.5) is 5.82 Å². The molecule has 1 rings (SSSR count). The van der Waals surface area contributed by atoms with Crippen molar-refractivity contribution in [3.63, 3.8) is 0 Å². The second-order valence-electron chi connectivity index (χ2n) is 3.24. The molecule has 0 fully saturated rings. The number of nitrogens with one attached hydrogen (secondary N) is 2. The van der Waals surface area contributed by atoms with Crippen molar-refractivity contribution in [2.45, 2.75) is 13.0 Å². The van der Waals surface area contributed by atoms with Crippen molar-refractivity contribution in [1.29, 1.82) is 0 Å². The molecule has 0 spiro atoms. The minimum absolute atomic E-state index is 0.231. The molecule has 82 valence electrons. The maximum absolute atomic E-state index is 11.5. The SMILES string of the molecule is CNc1ccc(C(=O)NCC(C)O)cn1. The van der Waals surface area contributed by atoms with Gasteiger partial charge in [0.05, 0.1) is 11.7 Å². The van der Waals surface area contributed by atoms with Crippen molar-refractivity contribution < 1.29 is 9.90 Å². The van der Waals surface area contributed by atoms with Gasteiger partial charge < -0.3 is 15.7 Å². The molecule has 1 amide bonds. The zero-order valence-corrected chi connectivity index (χ0v) is 8.82. The number of nitrogens with zero attached hydrogens (tertiary/aromatic N) is 1. The summed E-state index contributed by atoms with van der Waals surface area (Å²) < 4.78 is 0. The summed E-state index contributed by atoms with van der Waals surface area (Å²) >= 11 is 0.